The van der Waals surface area contributed by atoms with Gasteiger partial charge in [-0.05, 0) is 24.1 Å². The number of nitrogens with one attached hydrogen (secondary N) is 1. The van der Waals surface area contributed by atoms with Gasteiger partial charge in [0.15, 0.2) is 5.83 Å². The Labute approximate surface area is 105 Å². The smallest absolute Gasteiger partial charge is 0.279 e. The van der Waals surface area contributed by atoms with Gasteiger partial charge in [-0.25, -0.2) is 4.39 Å². The zero-order valence-corrected chi connectivity index (χ0v) is 9.99. The maximum absolute atomic E-state index is 12.3. The molecule has 1 amide bonds. The number of aliphatic hydroxyl groups is 1. The van der Waals surface area contributed by atoms with Crippen LogP contribution in [0.1, 0.15) is 5.56 Å². The van der Waals surface area contributed by atoms with Gasteiger partial charge in [-0.2, -0.15) is 0 Å². The Morgan fingerprint density at radius 2 is 2.06 bits per heavy atom. The Hall–Kier alpha value is -1.88. The summed E-state index contributed by atoms with van der Waals surface area (Å²) < 4.78 is 17.6. The zero-order chi connectivity index (χ0) is 13.4. The molecule has 0 radical (unpaired) electrons. The van der Waals surface area contributed by atoms with Crippen molar-refractivity contribution < 1.29 is 19.0 Å². The average molecular weight is 253 g/mol. The SMILES string of the molecule is C=C(F)C(=O)NCCc1ccc(OCCO)cc1. The molecular formula is C13H16FNO3. The number of rotatable bonds is 7. The van der Waals surface area contributed by atoms with E-state index in [9.17, 15) is 9.18 Å². The van der Waals surface area contributed by atoms with Crippen molar-refractivity contribution >= 4 is 5.91 Å². The van der Waals surface area contributed by atoms with Crippen molar-refractivity contribution in [2.45, 2.75) is 6.42 Å². The summed E-state index contributed by atoms with van der Waals surface area (Å²) in [5.74, 6) is -1.09. The summed E-state index contributed by atoms with van der Waals surface area (Å²) in [7, 11) is 0. The molecule has 1 rings (SSSR count). The second-order valence-corrected chi connectivity index (χ2v) is 3.63. The molecule has 18 heavy (non-hydrogen) atoms. The van der Waals surface area contributed by atoms with E-state index in [4.69, 9.17) is 9.84 Å². The van der Waals surface area contributed by atoms with Gasteiger partial charge in [0.25, 0.3) is 5.91 Å². The predicted octanol–water partition coefficient (Wildman–Crippen LogP) is 1.20. The number of ether oxygens (including phenoxy) is 1. The molecule has 2 N–H and O–H groups in total. The van der Waals surface area contributed by atoms with E-state index in [0.29, 0.717) is 18.7 Å². The quantitative estimate of drug-likeness (QED) is 0.718. The standard InChI is InChI=1S/C13H16FNO3/c1-10(14)13(17)15-7-6-11-2-4-12(5-3-11)18-9-8-16/h2-5,16H,1,6-9H2,(H,15,17). The van der Waals surface area contributed by atoms with Gasteiger partial charge in [-0.15, -0.1) is 0 Å². The third-order valence-electron chi connectivity index (χ3n) is 2.23. The third-order valence-corrected chi connectivity index (χ3v) is 2.23. The summed E-state index contributed by atoms with van der Waals surface area (Å²) >= 11 is 0. The first kappa shape index (κ1) is 14.2. The maximum Gasteiger partial charge on any atom is 0.279 e. The molecule has 0 aliphatic heterocycles. The Kier molecular flexibility index (Phi) is 5.87. The molecule has 98 valence electrons. The van der Waals surface area contributed by atoms with Gasteiger partial charge in [0.1, 0.15) is 12.4 Å². The lowest BCUT2D eigenvalue weighted by atomic mass is 10.1. The van der Waals surface area contributed by atoms with Crippen LogP contribution < -0.4 is 10.1 Å². The normalized spacial score (nSPS) is 9.89. The summed E-state index contributed by atoms with van der Waals surface area (Å²) in [6.07, 6.45) is 0.597. The van der Waals surface area contributed by atoms with Crippen LogP contribution in [0.25, 0.3) is 0 Å². The van der Waals surface area contributed by atoms with E-state index in [1.54, 1.807) is 12.1 Å². The molecule has 1 aromatic rings. The van der Waals surface area contributed by atoms with Crippen LogP contribution in [0.2, 0.25) is 0 Å². The highest BCUT2D eigenvalue weighted by Gasteiger charge is 2.04. The minimum atomic E-state index is -0.984. The summed E-state index contributed by atoms with van der Waals surface area (Å²) in [5, 5.41) is 11.0. The summed E-state index contributed by atoms with van der Waals surface area (Å²) in [4.78, 5) is 10.9. The van der Waals surface area contributed by atoms with Crippen molar-refractivity contribution in [1.82, 2.24) is 5.32 Å². The molecule has 0 bridgehead atoms. The Morgan fingerprint density at radius 3 is 2.61 bits per heavy atom. The summed E-state index contributed by atoms with van der Waals surface area (Å²) in [6, 6.07) is 7.26. The lowest BCUT2D eigenvalue weighted by Gasteiger charge is -2.06. The third kappa shape index (κ3) is 4.97. The fourth-order valence-electron chi connectivity index (χ4n) is 1.33. The predicted molar refractivity (Wildman–Crippen MR) is 66.0 cm³/mol. The molecule has 4 nitrogen and oxygen atoms in total. The van der Waals surface area contributed by atoms with Gasteiger partial charge in [-0.1, -0.05) is 18.7 Å². The first-order valence-electron chi connectivity index (χ1n) is 5.58. The Bertz CT molecular complexity index is 403. The summed E-state index contributed by atoms with van der Waals surface area (Å²) in [5.41, 5.74) is 0.996. The van der Waals surface area contributed by atoms with Crippen LogP contribution in [-0.2, 0) is 11.2 Å². The lowest BCUT2D eigenvalue weighted by Crippen LogP contribution is -2.25. The fourth-order valence-corrected chi connectivity index (χ4v) is 1.33. The van der Waals surface area contributed by atoms with Crippen LogP contribution in [0.15, 0.2) is 36.7 Å². The van der Waals surface area contributed by atoms with E-state index in [-0.39, 0.29) is 13.2 Å². The van der Waals surface area contributed by atoms with Gasteiger partial charge in [-0.3, -0.25) is 4.79 Å². The zero-order valence-electron chi connectivity index (χ0n) is 9.99. The molecular weight excluding hydrogens is 237 g/mol. The number of benzene rings is 1. The molecule has 0 aromatic heterocycles. The monoisotopic (exact) mass is 253 g/mol. The van der Waals surface area contributed by atoms with Crippen LogP contribution in [0.4, 0.5) is 4.39 Å². The van der Waals surface area contributed by atoms with Gasteiger partial charge in [0.05, 0.1) is 6.61 Å². The van der Waals surface area contributed by atoms with Crippen molar-refractivity contribution in [3.05, 3.63) is 42.2 Å². The van der Waals surface area contributed by atoms with Crippen LogP contribution in [0, 0.1) is 0 Å². The second kappa shape index (κ2) is 7.45. The molecule has 0 aliphatic rings. The Morgan fingerprint density at radius 1 is 1.39 bits per heavy atom. The van der Waals surface area contributed by atoms with E-state index < -0.39 is 11.7 Å². The van der Waals surface area contributed by atoms with Crippen molar-refractivity contribution in [1.29, 1.82) is 0 Å². The number of hydrogen-bond acceptors (Lipinski definition) is 3. The van der Waals surface area contributed by atoms with Crippen LogP contribution in [0.5, 0.6) is 5.75 Å². The first-order valence-corrected chi connectivity index (χ1v) is 5.58. The average Bonchev–Trinajstić information content (AvgIpc) is 2.37. The molecule has 0 unspecified atom stereocenters. The van der Waals surface area contributed by atoms with Gasteiger partial charge >= 0.3 is 0 Å². The van der Waals surface area contributed by atoms with Crippen LogP contribution in [0.3, 0.4) is 0 Å². The molecule has 0 spiro atoms. The van der Waals surface area contributed by atoms with E-state index >= 15 is 0 Å². The second-order valence-electron chi connectivity index (χ2n) is 3.63. The maximum atomic E-state index is 12.3. The van der Waals surface area contributed by atoms with Crippen LogP contribution in [-0.4, -0.2) is 30.8 Å². The van der Waals surface area contributed by atoms with E-state index in [2.05, 4.69) is 11.9 Å². The molecule has 0 saturated heterocycles. The Balaban J connectivity index is 2.35. The fraction of sp³-hybridized carbons (Fsp3) is 0.308. The first-order chi connectivity index (χ1) is 8.63. The van der Waals surface area contributed by atoms with Crippen molar-refractivity contribution in [2.75, 3.05) is 19.8 Å². The largest absolute Gasteiger partial charge is 0.491 e. The highest BCUT2D eigenvalue weighted by atomic mass is 19.1. The van der Waals surface area contributed by atoms with Crippen molar-refractivity contribution in [2.24, 2.45) is 0 Å². The molecule has 0 atom stereocenters. The number of carbonyl (C=O) groups excluding carboxylic acids is 1. The highest BCUT2D eigenvalue weighted by Crippen LogP contribution is 2.12. The minimum Gasteiger partial charge on any atom is -0.491 e. The van der Waals surface area contributed by atoms with Gasteiger partial charge in [0.2, 0.25) is 0 Å². The number of aliphatic hydroxyl groups excluding tert-OH is 1. The lowest BCUT2D eigenvalue weighted by molar-refractivity contribution is -0.118. The van der Waals surface area contributed by atoms with Crippen LogP contribution >= 0.6 is 0 Å². The van der Waals surface area contributed by atoms with Gasteiger partial charge < -0.3 is 15.2 Å². The van der Waals surface area contributed by atoms with Crippen molar-refractivity contribution in [3.8, 4) is 5.75 Å². The number of halogens is 1. The molecule has 1 aromatic carbocycles. The molecule has 5 heteroatoms. The minimum absolute atomic E-state index is 0.0269. The topological polar surface area (TPSA) is 58.6 Å². The van der Waals surface area contributed by atoms with Gasteiger partial charge in [0, 0.05) is 6.54 Å². The molecule has 0 heterocycles. The number of carbonyl (C=O) groups is 1. The number of hydrogen-bond donors (Lipinski definition) is 2. The van der Waals surface area contributed by atoms with E-state index in [1.807, 2.05) is 12.1 Å². The highest BCUT2D eigenvalue weighted by molar-refractivity contribution is 5.90. The van der Waals surface area contributed by atoms with E-state index in [0.717, 1.165) is 5.56 Å². The number of amides is 1. The molecule has 0 saturated carbocycles. The van der Waals surface area contributed by atoms with E-state index in [1.165, 1.54) is 0 Å². The molecule has 0 aliphatic carbocycles. The van der Waals surface area contributed by atoms with Crippen molar-refractivity contribution in [3.63, 3.8) is 0 Å². The molecule has 0 fully saturated rings. The summed E-state index contributed by atoms with van der Waals surface area (Å²) in [6.45, 7) is 3.48.